The normalized spacial score (nSPS) is 11.2. The van der Waals surface area contributed by atoms with Crippen molar-refractivity contribution < 1.29 is 22.8 Å². The Labute approximate surface area is 125 Å². The number of hydrogen-bond donors (Lipinski definition) is 0. The van der Waals surface area contributed by atoms with Gasteiger partial charge in [-0.2, -0.15) is 13.2 Å². The molecule has 21 heavy (non-hydrogen) atoms. The van der Waals surface area contributed by atoms with Gasteiger partial charge in [0.05, 0.1) is 10.5 Å². The molecule has 0 saturated heterocycles. The lowest BCUT2D eigenvalue weighted by atomic mass is 10.2. The van der Waals surface area contributed by atoms with Gasteiger partial charge in [-0.3, -0.25) is 10.1 Å². The van der Waals surface area contributed by atoms with Crippen LogP contribution in [-0.2, 0) is 6.18 Å². The number of nitrogens with zero attached hydrogens (tertiary/aromatic N) is 1. The second-order valence-corrected chi connectivity index (χ2v) is 4.91. The molecule has 0 N–H and O–H groups in total. The zero-order valence-corrected chi connectivity index (χ0v) is 11.8. The maximum Gasteiger partial charge on any atom is 0.416 e. The topological polar surface area (TPSA) is 52.4 Å². The van der Waals surface area contributed by atoms with Crippen LogP contribution in [-0.4, -0.2) is 4.92 Å². The first-order valence-corrected chi connectivity index (χ1v) is 6.36. The SMILES string of the molecule is O=[N+]([O-])c1cc(C(F)(F)F)ccc1Oc1cccc(Br)c1. The maximum absolute atomic E-state index is 12.6. The molecule has 0 spiro atoms. The van der Waals surface area contributed by atoms with Crippen LogP contribution >= 0.6 is 15.9 Å². The Morgan fingerprint density at radius 1 is 1.14 bits per heavy atom. The predicted molar refractivity (Wildman–Crippen MR) is 72.3 cm³/mol. The number of nitro groups is 1. The zero-order valence-electron chi connectivity index (χ0n) is 10.2. The van der Waals surface area contributed by atoms with E-state index in [0.717, 1.165) is 12.1 Å². The summed E-state index contributed by atoms with van der Waals surface area (Å²) in [7, 11) is 0. The van der Waals surface area contributed by atoms with Crippen LogP contribution in [0.4, 0.5) is 18.9 Å². The van der Waals surface area contributed by atoms with Gasteiger partial charge in [-0.25, -0.2) is 0 Å². The summed E-state index contributed by atoms with van der Waals surface area (Å²) < 4.78 is 43.7. The van der Waals surface area contributed by atoms with Crippen molar-refractivity contribution >= 4 is 21.6 Å². The fourth-order valence-electron chi connectivity index (χ4n) is 1.58. The summed E-state index contributed by atoms with van der Waals surface area (Å²) in [4.78, 5) is 9.99. The van der Waals surface area contributed by atoms with Crippen molar-refractivity contribution in [2.24, 2.45) is 0 Å². The largest absolute Gasteiger partial charge is 0.450 e. The fourth-order valence-corrected chi connectivity index (χ4v) is 1.96. The highest BCUT2D eigenvalue weighted by molar-refractivity contribution is 9.10. The summed E-state index contributed by atoms with van der Waals surface area (Å²) in [6, 6.07) is 8.55. The van der Waals surface area contributed by atoms with Crippen molar-refractivity contribution in [3.05, 3.63) is 62.6 Å². The predicted octanol–water partition coefficient (Wildman–Crippen LogP) is 5.17. The van der Waals surface area contributed by atoms with Crippen LogP contribution in [0, 0.1) is 10.1 Å². The Hall–Kier alpha value is -2.09. The minimum absolute atomic E-state index is 0.258. The Kier molecular flexibility index (Phi) is 4.17. The van der Waals surface area contributed by atoms with E-state index < -0.39 is 22.4 Å². The van der Waals surface area contributed by atoms with Crippen molar-refractivity contribution in [2.45, 2.75) is 6.18 Å². The van der Waals surface area contributed by atoms with Gasteiger partial charge >= 0.3 is 11.9 Å². The first-order chi connectivity index (χ1) is 9.77. The molecule has 0 bridgehead atoms. The van der Waals surface area contributed by atoms with Crippen molar-refractivity contribution in [1.29, 1.82) is 0 Å². The lowest BCUT2D eigenvalue weighted by molar-refractivity contribution is -0.385. The molecular weight excluding hydrogens is 355 g/mol. The van der Waals surface area contributed by atoms with Crippen molar-refractivity contribution in [3.8, 4) is 11.5 Å². The van der Waals surface area contributed by atoms with Gasteiger partial charge < -0.3 is 4.74 Å². The number of nitro benzene ring substituents is 1. The summed E-state index contributed by atoms with van der Waals surface area (Å²) in [6.45, 7) is 0. The van der Waals surface area contributed by atoms with E-state index in [0.29, 0.717) is 10.5 Å². The Balaban J connectivity index is 2.42. The highest BCUT2D eigenvalue weighted by atomic mass is 79.9. The lowest BCUT2D eigenvalue weighted by Crippen LogP contribution is -2.06. The van der Waals surface area contributed by atoms with Gasteiger partial charge in [-0.15, -0.1) is 0 Å². The zero-order chi connectivity index (χ0) is 15.6. The fraction of sp³-hybridized carbons (Fsp3) is 0.0769. The van der Waals surface area contributed by atoms with Gasteiger partial charge in [0.25, 0.3) is 0 Å². The number of ether oxygens (including phenoxy) is 1. The van der Waals surface area contributed by atoms with Gasteiger partial charge in [0, 0.05) is 10.5 Å². The molecule has 0 aliphatic rings. The summed E-state index contributed by atoms with van der Waals surface area (Å²) in [5, 5.41) is 10.9. The Bertz CT molecular complexity index is 689. The molecule has 0 unspecified atom stereocenters. The van der Waals surface area contributed by atoms with Crippen LogP contribution in [0.15, 0.2) is 46.9 Å². The molecule has 8 heteroatoms. The van der Waals surface area contributed by atoms with Crippen molar-refractivity contribution in [2.75, 3.05) is 0 Å². The molecule has 110 valence electrons. The highest BCUT2D eigenvalue weighted by Gasteiger charge is 2.33. The molecule has 4 nitrogen and oxygen atoms in total. The minimum Gasteiger partial charge on any atom is -0.450 e. The summed E-state index contributed by atoms with van der Waals surface area (Å²) in [5.41, 5.74) is -1.85. The van der Waals surface area contributed by atoms with Gasteiger partial charge in [-0.05, 0) is 30.3 Å². The summed E-state index contributed by atoms with van der Waals surface area (Å²) >= 11 is 3.20. The smallest absolute Gasteiger partial charge is 0.416 e. The number of rotatable bonds is 3. The molecule has 0 atom stereocenters. The average molecular weight is 362 g/mol. The standard InChI is InChI=1S/C13H7BrF3NO3/c14-9-2-1-3-10(7-9)21-12-5-4-8(13(15,16)17)6-11(12)18(19)20/h1-7H. The van der Waals surface area contributed by atoms with Gasteiger partial charge in [-0.1, -0.05) is 22.0 Å². The van der Waals surface area contributed by atoms with E-state index in [1.165, 1.54) is 6.07 Å². The molecule has 0 radical (unpaired) electrons. The van der Waals surface area contributed by atoms with Crippen LogP contribution in [0.5, 0.6) is 11.5 Å². The van der Waals surface area contributed by atoms with Gasteiger partial charge in [0.15, 0.2) is 0 Å². The first-order valence-electron chi connectivity index (χ1n) is 5.56. The van der Waals surface area contributed by atoms with Crippen molar-refractivity contribution in [3.63, 3.8) is 0 Å². The Morgan fingerprint density at radius 3 is 2.43 bits per heavy atom. The van der Waals surface area contributed by atoms with E-state index >= 15 is 0 Å². The summed E-state index contributed by atoms with van der Waals surface area (Å²) in [6.07, 6.45) is -4.65. The molecule has 0 aromatic heterocycles. The molecule has 0 aliphatic carbocycles. The summed E-state index contributed by atoms with van der Waals surface area (Å²) in [5.74, 6) is 0.0123. The third-order valence-corrected chi connectivity index (χ3v) is 3.00. The molecular formula is C13H7BrF3NO3. The lowest BCUT2D eigenvalue weighted by Gasteiger charge is -2.10. The third-order valence-electron chi connectivity index (χ3n) is 2.51. The monoisotopic (exact) mass is 361 g/mol. The highest BCUT2D eigenvalue weighted by Crippen LogP contribution is 2.38. The van der Waals surface area contributed by atoms with E-state index in [1.54, 1.807) is 18.2 Å². The van der Waals surface area contributed by atoms with Crippen LogP contribution in [0.1, 0.15) is 5.56 Å². The molecule has 2 rings (SSSR count). The quantitative estimate of drug-likeness (QED) is 0.559. The van der Waals surface area contributed by atoms with E-state index in [1.807, 2.05) is 0 Å². The molecule has 2 aromatic carbocycles. The van der Waals surface area contributed by atoms with Crippen LogP contribution in [0.3, 0.4) is 0 Å². The van der Waals surface area contributed by atoms with Gasteiger partial charge in [0.2, 0.25) is 5.75 Å². The van der Waals surface area contributed by atoms with Gasteiger partial charge in [0.1, 0.15) is 5.75 Å². The molecule has 0 heterocycles. The van der Waals surface area contributed by atoms with E-state index in [9.17, 15) is 23.3 Å². The first kappa shape index (κ1) is 15.3. The number of hydrogen-bond acceptors (Lipinski definition) is 3. The van der Waals surface area contributed by atoms with Crippen LogP contribution in [0.25, 0.3) is 0 Å². The van der Waals surface area contributed by atoms with Crippen molar-refractivity contribution in [1.82, 2.24) is 0 Å². The minimum atomic E-state index is -4.65. The number of halogens is 4. The Morgan fingerprint density at radius 2 is 1.86 bits per heavy atom. The van der Waals surface area contributed by atoms with E-state index in [4.69, 9.17) is 4.74 Å². The average Bonchev–Trinajstić information content (AvgIpc) is 2.37. The molecule has 0 aliphatic heterocycles. The second kappa shape index (κ2) is 5.72. The number of benzene rings is 2. The van der Waals surface area contributed by atoms with Crippen LogP contribution in [0.2, 0.25) is 0 Å². The molecule has 0 saturated carbocycles. The molecule has 0 fully saturated rings. The van der Waals surface area contributed by atoms with E-state index in [-0.39, 0.29) is 11.5 Å². The number of alkyl halides is 3. The maximum atomic E-state index is 12.6. The van der Waals surface area contributed by atoms with E-state index in [2.05, 4.69) is 15.9 Å². The third kappa shape index (κ3) is 3.72. The second-order valence-electron chi connectivity index (χ2n) is 4.00. The van der Waals surface area contributed by atoms with Crippen LogP contribution < -0.4 is 4.74 Å². The molecule has 0 amide bonds. The molecule has 2 aromatic rings.